The molecule has 0 aliphatic rings. The van der Waals surface area contributed by atoms with Crippen molar-refractivity contribution in [1.29, 1.82) is 0 Å². The van der Waals surface area contributed by atoms with Gasteiger partial charge in [0.05, 0.1) is 22.5 Å². The lowest BCUT2D eigenvalue weighted by molar-refractivity contribution is 0.0596. The van der Waals surface area contributed by atoms with Gasteiger partial charge in [-0.05, 0) is 31.2 Å². The smallest absolute Gasteiger partial charge is 0.339 e. The molecule has 0 N–H and O–H groups in total. The predicted molar refractivity (Wildman–Crippen MR) is 74.4 cm³/mol. The van der Waals surface area contributed by atoms with Gasteiger partial charge in [-0.25, -0.2) is 13.2 Å². The van der Waals surface area contributed by atoms with Crippen LogP contribution in [0.1, 0.15) is 15.9 Å². The molecule has 2 aromatic rings. The fourth-order valence-electron chi connectivity index (χ4n) is 1.82. The minimum absolute atomic E-state index is 0.0376. The number of rotatable bonds is 3. The van der Waals surface area contributed by atoms with E-state index in [0.717, 1.165) is 5.56 Å². The minimum Gasteiger partial charge on any atom is -0.465 e. The van der Waals surface area contributed by atoms with Crippen molar-refractivity contribution in [2.45, 2.75) is 16.7 Å². The molecule has 0 radical (unpaired) electrons. The molecule has 0 saturated heterocycles. The van der Waals surface area contributed by atoms with E-state index in [1.807, 2.05) is 6.92 Å². The molecule has 5 heteroatoms. The summed E-state index contributed by atoms with van der Waals surface area (Å²) in [6.45, 7) is 1.87. The molecule has 2 rings (SSSR count). The first-order valence-electron chi connectivity index (χ1n) is 5.96. The average Bonchev–Trinajstić information content (AvgIpc) is 2.47. The first-order chi connectivity index (χ1) is 9.46. The Bertz CT molecular complexity index is 731. The van der Waals surface area contributed by atoms with Crippen LogP contribution in [-0.2, 0) is 14.6 Å². The summed E-state index contributed by atoms with van der Waals surface area (Å²) in [6, 6.07) is 12.5. The van der Waals surface area contributed by atoms with E-state index in [-0.39, 0.29) is 15.4 Å². The van der Waals surface area contributed by atoms with Crippen molar-refractivity contribution < 1.29 is 17.9 Å². The Hall–Kier alpha value is -2.14. The summed E-state index contributed by atoms with van der Waals surface area (Å²) in [7, 11) is -2.52. The lowest BCUT2D eigenvalue weighted by Crippen LogP contribution is -2.11. The van der Waals surface area contributed by atoms with Crippen molar-refractivity contribution >= 4 is 15.8 Å². The Kier molecular flexibility index (Phi) is 3.90. The Morgan fingerprint density at radius 3 is 2.20 bits per heavy atom. The quantitative estimate of drug-likeness (QED) is 0.815. The standard InChI is InChI=1S/C15H14O4S/c1-11-7-9-12(10-8-11)20(17,18)14-6-4-3-5-13(14)15(16)19-2/h3-10H,1-2H3. The Morgan fingerprint density at radius 1 is 1.00 bits per heavy atom. The molecule has 0 bridgehead atoms. The fraction of sp³-hybridized carbons (Fsp3) is 0.133. The van der Waals surface area contributed by atoms with Crippen LogP contribution in [0.5, 0.6) is 0 Å². The van der Waals surface area contributed by atoms with Crippen LogP contribution in [0.25, 0.3) is 0 Å². The van der Waals surface area contributed by atoms with Crippen LogP contribution in [0.15, 0.2) is 58.3 Å². The van der Waals surface area contributed by atoms with Gasteiger partial charge in [-0.1, -0.05) is 29.8 Å². The van der Waals surface area contributed by atoms with Crippen molar-refractivity contribution in [1.82, 2.24) is 0 Å². The molecule has 0 fully saturated rings. The highest BCUT2D eigenvalue weighted by Crippen LogP contribution is 2.24. The molecular weight excluding hydrogens is 276 g/mol. The minimum atomic E-state index is -3.74. The summed E-state index contributed by atoms with van der Waals surface area (Å²) in [5.74, 6) is -0.670. The van der Waals surface area contributed by atoms with E-state index in [0.29, 0.717) is 0 Å². The number of methoxy groups -OCH3 is 1. The number of carbonyl (C=O) groups is 1. The number of ether oxygens (including phenoxy) is 1. The van der Waals surface area contributed by atoms with Gasteiger partial charge in [-0.2, -0.15) is 0 Å². The number of benzene rings is 2. The van der Waals surface area contributed by atoms with E-state index < -0.39 is 15.8 Å². The van der Waals surface area contributed by atoms with Crippen LogP contribution in [0.2, 0.25) is 0 Å². The molecule has 0 unspecified atom stereocenters. The molecule has 104 valence electrons. The highest BCUT2D eigenvalue weighted by Gasteiger charge is 2.24. The Balaban J connectivity index is 2.61. The molecule has 0 aliphatic heterocycles. The maximum Gasteiger partial charge on any atom is 0.339 e. The summed E-state index contributed by atoms with van der Waals surface area (Å²) >= 11 is 0. The molecule has 0 spiro atoms. The number of sulfone groups is 1. The second-order valence-corrected chi connectivity index (χ2v) is 6.22. The number of hydrogen-bond donors (Lipinski definition) is 0. The Labute approximate surface area is 117 Å². The maximum atomic E-state index is 12.6. The van der Waals surface area contributed by atoms with Crippen molar-refractivity contribution in [3.8, 4) is 0 Å². The van der Waals surface area contributed by atoms with Crippen LogP contribution in [0.4, 0.5) is 0 Å². The van der Waals surface area contributed by atoms with E-state index in [9.17, 15) is 13.2 Å². The Morgan fingerprint density at radius 2 is 1.60 bits per heavy atom. The zero-order valence-electron chi connectivity index (χ0n) is 11.2. The highest BCUT2D eigenvalue weighted by molar-refractivity contribution is 7.91. The first-order valence-corrected chi connectivity index (χ1v) is 7.44. The largest absolute Gasteiger partial charge is 0.465 e. The van der Waals surface area contributed by atoms with Crippen molar-refractivity contribution in [2.24, 2.45) is 0 Å². The van der Waals surface area contributed by atoms with Gasteiger partial charge in [0.2, 0.25) is 9.84 Å². The third kappa shape index (κ3) is 2.58. The average molecular weight is 290 g/mol. The van der Waals surface area contributed by atoms with Gasteiger partial charge < -0.3 is 4.74 Å². The zero-order chi connectivity index (χ0) is 14.8. The van der Waals surface area contributed by atoms with Gasteiger partial charge in [0.1, 0.15) is 0 Å². The summed E-state index contributed by atoms with van der Waals surface area (Å²) in [5.41, 5.74) is 1.00. The molecule has 20 heavy (non-hydrogen) atoms. The molecule has 0 heterocycles. The lowest BCUT2D eigenvalue weighted by Gasteiger charge is -2.09. The zero-order valence-corrected chi connectivity index (χ0v) is 12.0. The SMILES string of the molecule is COC(=O)c1ccccc1S(=O)(=O)c1ccc(C)cc1. The third-order valence-corrected chi connectivity index (χ3v) is 4.74. The van der Waals surface area contributed by atoms with Gasteiger partial charge in [0, 0.05) is 0 Å². The van der Waals surface area contributed by atoms with Crippen LogP contribution < -0.4 is 0 Å². The molecule has 2 aromatic carbocycles. The highest BCUT2D eigenvalue weighted by atomic mass is 32.2. The van der Waals surface area contributed by atoms with Crippen LogP contribution in [0, 0.1) is 6.92 Å². The van der Waals surface area contributed by atoms with Gasteiger partial charge in [0.25, 0.3) is 0 Å². The predicted octanol–water partition coefficient (Wildman–Crippen LogP) is 2.61. The fourth-order valence-corrected chi connectivity index (χ4v) is 3.27. The summed E-state index contributed by atoms with van der Waals surface area (Å²) in [6.07, 6.45) is 0. The molecule has 0 aromatic heterocycles. The number of aryl methyl sites for hydroxylation is 1. The topological polar surface area (TPSA) is 60.4 Å². The molecule has 0 aliphatic carbocycles. The third-order valence-electron chi connectivity index (χ3n) is 2.91. The van der Waals surface area contributed by atoms with Crippen LogP contribution in [0.3, 0.4) is 0 Å². The molecule has 4 nitrogen and oxygen atoms in total. The normalized spacial score (nSPS) is 11.1. The summed E-state index contributed by atoms with van der Waals surface area (Å²) in [5, 5.41) is 0. The monoisotopic (exact) mass is 290 g/mol. The van der Waals surface area contributed by atoms with E-state index in [1.165, 1.54) is 31.4 Å². The van der Waals surface area contributed by atoms with E-state index in [4.69, 9.17) is 0 Å². The van der Waals surface area contributed by atoms with Gasteiger partial charge >= 0.3 is 5.97 Å². The second-order valence-electron chi connectivity index (χ2n) is 4.30. The molecule has 0 atom stereocenters. The molecule has 0 amide bonds. The molecule has 0 saturated carbocycles. The van der Waals surface area contributed by atoms with Gasteiger partial charge in [0.15, 0.2) is 0 Å². The van der Waals surface area contributed by atoms with Crippen molar-refractivity contribution in [3.05, 3.63) is 59.7 Å². The summed E-state index contributed by atoms with van der Waals surface area (Å²) in [4.78, 5) is 11.8. The van der Waals surface area contributed by atoms with E-state index in [1.54, 1.807) is 24.3 Å². The van der Waals surface area contributed by atoms with Crippen LogP contribution in [-0.4, -0.2) is 21.5 Å². The van der Waals surface area contributed by atoms with E-state index in [2.05, 4.69) is 4.74 Å². The second kappa shape index (κ2) is 5.46. The first kappa shape index (κ1) is 14.3. The number of esters is 1. The van der Waals surface area contributed by atoms with Gasteiger partial charge in [-0.3, -0.25) is 0 Å². The molecular formula is C15H14O4S. The number of hydrogen-bond acceptors (Lipinski definition) is 4. The summed E-state index contributed by atoms with van der Waals surface area (Å²) < 4.78 is 29.8. The van der Waals surface area contributed by atoms with Crippen LogP contribution >= 0.6 is 0 Å². The lowest BCUT2D eigenvalue weighted by atomic mass is 10.2. The van der Waals surface area contributed by atoms with Crippen molar-refractivity contribution in [2.75, 3.05) is 7.11 Å². The maximum absolute atomic E-state index is 12.6. The number of carbonyl (C=O) groups excluding carboxylic acids is 1. The van der Waals surface area contributed by atoms with E-state index >= 15 is 0 Å². The van der Waals surface area contributed by atoms with Crippen molar-refractivity contribution in [3.63, 3.8) is 0 Å². The van der Waals surface area contributed by atoms with Gasteiger partial charge in [-0.15, -0.1) is 0 Å².